The summed E-state index contributed by atoms with van der Waals surface area (Å²) in [5, 5.41) is 14.4. The topological polar surface area (TPSA) is 108 Å². The van der Waals surface area contributed by atoms with Crippen molar-refractivity contribution in [1.82, 2.24) is 15.5 Å². The summed E-state index contributed by atoms with van der Waals surface area (Å²) < 4.78 is 5.09. The van der Waals surface area contributed by atoms with E-state index in [1.165, 1.54) is 4.90 Å². The third-order valence-electron chi connectivity index (χ3n) is 3.16. The van der Waals surface area contributed by atoms with Gasteiger partial charge in [0.05, 0.1) is 19.3 Å². The lowest BCUT2D eigenvalue weighted by atomic mass is 10.0. The third kappa shape index (κ3) is 5.22. The van der Waals surface area contributed by atoms with Gasteiger partial charge in [-0.1, -0.05) is 0 Å². The van der Waals surface area contributed by atoms with Gasteiger partial charge in [-0.25, -0.2) is 4.79 Å². The zero-order valence-electron chi connectivity index (χ0n) is 12.6. The summed E-state index contributed by atoms with van der Waals surface area (Å²) >= 11 is 0. The maximum absolute atomic E-state index is 12.1. The summed E-state index contributed by atoms with van der Waals surface area (Å²) in [5.41, 5.74) is 0. The monoisotopic (exact) mass is 301 g/mol. The molecule has 1 rings (SSSR count). The van der Waals surface area contributed by atoms with Gasteiger partial charge in [-0.3, -0.25) is 9.59 Å². The quantitative estimate of drug-likeness (QED) is 0.621. The molecule has 8 heteroatoms. The van der Waals surface area contributed by atoms with Crippen molar-refractivity contribution >= 4 is 17.9 Å². The Morgan fingerprint density at radius 2 is 2.00 bits per heavy atom. The van der Waals surface area contributed by atoms with Gasteiger partial charge in [-0.05, 0) is 20.8 Å². The van der Waals surface area contributed by atoms with Crippen molar-refractivity contribution in [2.24, 2.45) is 5.92 Å². The van der Waals surface area contributed by atoms with E-state index in [9.17, 15) is 14.4 Å². The SMILES string of the molecule is CCN(CC(=O)NC(C)C)C(=O)NC1COCC1C(=O)O. The van der Waals surface area contributed by atoms with E-state index in [-0.39, 0.29) is 31.7 Å². The van der Waals surface area contributed by atoms with Gasteiger partial charge in [0, 0.05) is 12.6 Å². The second-order valence-electron chi connectivity index (χ2n) is 5.27. The Morgan fingerprint density at radius 3 is 2.52 bits per heavy atom. The summed E-state index contributed by atoms with van der Waals surface area (Å²) in [6.45, 7) is 5.96. The number of hydrogen-bond donors (Lipinski definition) is 3. The lowest BCUT2D eigenvalue weighted by Gasteiger charge is -2.24. The highest BCUT2D eigenvalue weighted by Gasteiger charge is 2.35. The van der Waals surface area contributed by atoms with E-state index in [1.54, 1.807) is 6.92 Å². The normalized spacial score (nSPS) is 21.1. The largest absolute Gasteiger partial charge is 0.481 e. The Kier molecular flexibility index (Phi) is 6.41. The van der Waals surface area contributed by atoms with Crippen LogP contribution in [0.2, 0.25) is 0 Å². The molecule has 0 aliphatic carbocycles. The molecule has 0 aromatic carbocycles. The summed E-state index contributed by atoms with van der Waals surface area (Å²) in [6.07, 6.45) is 0. The molecule has 8 nitrogen and oxygen atoms in total. The molecule has 2 unspecified atom stereocenters. The van der Waals surface area contributed by atoms with Gasteiger partial charge in [-0.15, -0.1) is 0 Å². The van der Waals surface area contributed by atoms with Crippen molar-refractivity contribution in [2.45, 2.75) is 32.9 Å². The first kappa shape index (κ1) is 17.2. The number of carbonyl (C=O) groups is 3. The number of aliphatic carboxylic acids is 1. The maximum atomic E-state index is 12.1. The van der Waals surface area contributed by atoms with Crippen molar-refractivity contribution in [3.63, 3.8) is 0 Å². The number of amides is 3. The summed E-state index contributed by atoms with van der Waals surface area (Å²) in [4.78, 5) is 36.1. The fourth-order valence-electron chi connectivity index (χ4n) is 2.06. The molecule has 0 spiro atoms. The molecule has 1 aliphatic heterocycles. The molecule has 21 heavy (non-hydrogen) atoms. The summed E-state index contributed by atoms with van der Waals surface area (Å²) in [6, 6.07) is -1.03. The van der Waals surface area contributed by atoms with Gasteiger partial charge < -0.3 is 25.4 Å². The van der Waals surface area contributed by atoms with Crippen LogP contribution in [0.4, 0.5) is 4.79 Å². The van der Waals surface area contributed by atoms with Crippen molar-refractivity contribution in [3.8, 4) is 0 Å². The molecule has 3 N–H and O–H groups in total. The van der Waals surface area contributed by atoms with Crippen LogP contribution in [-0.4, -0.2) is 66.3 Å². The van der Waals surface area contributed by atoms with Crippen LogP contribution in [0.3, 0.4) is 0 Å². The maximum Gasteiger partial charge on any atom is 0.318 e. The number of urea groups is 1. The minimum atomic E-state index is -1.00. The molecule has 3 amide bonds. The molecule has 2 atom stereocenters. The molecular formula is C13H23N3O5. The number of carbonyl (C=O) groups excluding carboxylic acids is 2. The standard InChI is InChI=1S/C13H23N3O5/c1-4-16(5-11(17)14-8(2)3)13(20)15-10-7-21-6-9(10)12(18)19/h8-10H,4-7H2,1-3H3,(H,14,17)(H,15,20)(H,18,19). The smallest absolute Gasteiger partial charge is 0.318 e. The van der Waals surface area contributed by atoms with Gasteiger partial charge in [0.25, 0.3) is 0 Å². The van der Waals surface area contributed by atoms with E-state index in [1.807, 2.05) is 13.8 Å². The summed E-state index contributed by atoms with van der Waals surface area (Å²) in [7, 11) is 0. The Hall–Kier alpha value is -1.83. The van der Waals surface area contributed by atoms with Crippen LogP contribution in [0, 0.1) is 5.92 Å². The molecular weight excluding hydrogens is 278 g/mol. The van der Waals surface area contributed by atoms with E-state index in [0.29, 0.717) is 6.54 Å². The number of carboxylic acid groups (broad SMARTS) is 1. The van der Waals surface area contributed by atoms with Crippen molar-refractivity contribution in [1.29, 1.82) is 0 Å². The number of likely N-dealkylation sites (N-methyl/N-ethyl adjacent to an activating group) is 1. The van der Waals surface area contributed by atoms with E-state index in [4.69, 9.17) is 9.84 Å². The molecule has 1 fully saturated rings. The van der Waals surface area contributed by atoms with Crippen molar-refractivity contribution < 1.29 is 24.2 Å². The molecule has 0 radical (unpaired) electrons. The molecule has 0 aromatic heterocycles. The zero-order chi connectivity index (χ0) is 16.0. The molecule has 1 heterocycles. The number of rotatable bonds is 6. The lowest BCUT2D eigenvalue weighted by molar-refractivity contribution is -0.142. The zero-order valence-corrected chi connectivity index (χ0v) is 12.6. The van der Waals surface area contributed by atoms with Crippen LogP contribution < -0.4 is 10.6 Å². The van der Waals surface area contributed by atoms with Gasteiger partial charge in [-0.2, -0.15) is 0 Å². The fourth-order valence-corrected chi connectivity index (χ4v) is 2.06. The van der Waals surface area contributed by atoms with Crippen LogP contribution in [0.5, 0.6) is 0 Å². The Labute approximate surface area is 123 Å². The molecule has 1 aliphatic rings. The number of hydrogen-bond acceptors (Lipinski definition) is 4. The third-order valence-corrected chi connectivity index (χ3v) is 3.16. The van der Waals surface area contributed by atoms with Crippen LogP contribution in [0.15, 0.2) is 0 Å². The highest BCUT2D eigenvalue weighted by atomic mass is 16.5. The van der Waals surface area contributed by atoms with E-state index in [0.717, 1.165) is 0 Å². The Morgan fingerprint density at radius 1 is 1.33 bits per heavy atom. The van der Waals surface area contributed by atoms with E-state index < -0.39 is 24.0 Å². The predicted molar refractivity (Wildman–Crippen MR) is 74.8 cm³/mol. The number of nitrogens with one attached hydrogen (secondary N) is 2. The van der Waals surface area contributed by atoms with Crippen LogP contribution in [-0.2, 0) is 14.3 Å². The molecule has 0 aromatic rings. The first-order chi connectivity index (χ1) is 9.85. The van der Waals surface area contributed by atoms with Gasteiger partial charge in [0.1, 0.15) is 12.5 Å². The average molecular weight is 301 g/mol. The van der Waals surface area contributed by atoms with Crippen LogP contribution >= 0.6 is 0 Å². The number of carboxylic acids is 1. The van der Waals surface area contributed by atoms with E-state index >= 15 is 0 Å². The predicted octanol–water partition coefficient (Wildman–Crippen LogP) is -0.358. The first-order valence-electron chi connectivity index (χ1n) is 7.00. The minimum absolute atomic E-state index is 0.00103. The van der Waals surface area contributed by atoms with Gasteiger partial charge in [0.2, 0.25) is 5.91 Å². The Bertz CT molecular complexity index is 399. The number of nitrogens with zero attached hydrogens (tertiary/aromatic N) is 1. The highest BCUT2D eigenvalue weighted by Crippen LogP contribution is 2.14. The minimum Gasteiger partial charge on any atom is -0.481 e. The van der Waals surface area contributed by atoms with Crippen molar-refractivity contribution in [2.75, 3.05) is 26.3 Å². The van der Waals surface area contributed by atoms with Crippen LogP contribution in [0.25, 0.3) is 0 Å². The fraction of sp³-hybridized carbons (Fsp3) is 0.769. The van der Waals surface area contributed by atoms with Crippen molar-refractivity contribution in [3.05, 3.63) is 0 Å². The second kappa shape index (κ2) is 7.82. The molecule has 120 valence electrons. The van der Waals surface area contributed by atoms with Gasteiger partial charge in [0.15, 0.2) is 0 Å². The first-order valence-corrected chi connectivity index (χ1v) is 7.00. The van der Waals surface area contributed by atoms with Crippen LogP contribution in [0.1, 0.15) is 20.8 Å². The van der Waals surface area contributed by atoms with E-state index in [2.05, 4.69) is 10.6 Å². The average Bonchev–Trinajstić information content (AvgIpc) is 2.83. The highest BCUT2D eigenvalue weighted by molar-refractivity contribution is 5.84. The number of ether oxygens (including phenoxy) is 1. The second-order valence-corrected chi connectivity index (χ2v) is 5.27. The lowest BCUT2D eigenvalue weighted by Crippen LogP contribution is -2.51. The molecule has 1 saturated heterocycles. The molecule has 0 bridgehead atoms. The molecule has 0 saturated carbocycles. The summed E-state index contributed by atoms with van der Waals surface area (Å²) in [5.74, 6) is -2.00. The van der Waals surface area contributed by atoms with Gasteiger partial charge >= 0.3 is 12.0 Å². The Balaban J connectivity index is 2.55.